The lowest BCUT2D eigenvalue weighted by Crippen LogP contribution is -2.00. The number of aromatic nitrogens is 3. The lowest BCUT2D eigenvalue weighted by molar-refractivity contribution is 0.622. The number of nitrogens with zero attached hydrogens (tertiary/aromatic N) is 3. The molecule has 2 heterocycles. The van der Waals surface area contributed by atoms with Crippen molar-refractivity contribution in [1.82, 2.24) is 14.8 Å². The Morgan fingerprint density at radius 2 is 2.00 bits per heavy atom. The second kappa shape index (κ2) is 4.12. The molecule has 1 atom stereocenters. The van der Waals surface area contributed by atoms with E-state index in [-0.39, 0.29) is 0 Å². The first kappa shape index (κ1) is 11.3. The summed E-state index contributed by atoms with van der Waals surface area (Å²) < 4.78 is 1.78. The number of rotatable bonds is 3. The second-order valence-electron chi connectivity index (χ2n) is 5.13. The Labute approximate surface area is 107 Å². The number of nitrogen functional groups attached to an aromatic ring is 1. The van der Waals surface area contributed by atoms with E-state index in [4.69, 9.17) is 5.73 Å². The molecule has 3 rings (SSSR count). The van der Waals surface area contributed by atoms with E-state index < -0.39 is 0 Å². The minimum atomic E-state index is 0.483. The van der Waals surface area contributed by atoms with Gasteiger partial charge in [0.15, 0.2) is 0 Å². The van der Waals surface area contributed by atoms with Crippen molar-refractivity contribution in [2.24, 2.45) is 13.0 Å². The van der Waals surface area contributed by atoms with E-state index in [0.717, 1.165) is 28.6 Å². The van der Waals surface area contributed by atoms with Gasteiger partial charge in [-0.25, -0.2) is 0 Å². The highest BCUT2D eigenvalue weighted by molar-refractivity contribution is 5.76. The van der Waals surface area contributed by atoms with Crippen LogP contribution in [0.1, 0.15) is 31.4 Å². The number of hydrogen-bond acceptors (Lipinski definition) is 3. The van der Waals surface area contributed by atoms with E-state index in [0.29, 0.717) is 5.92 Å². The molecule has 1 aliphatic rings. The molecule has 0 aliphatic heterocycles. The van der Waals surface area contributed by atoms with Crippen molar-refractivity contribution in [3.63, 3.8) is 0 Å². The smallest absolute Gasteiger partial charge is 0.129 e. The van der Waals surface area contributed by atoms with Crippen molar-refractivity contribution in [2.75, 3.05) is 5.73 Å². The summed E-state index contributed by atoms with van der Waals surface area (Å²) in [5, 5.41) is 4.62. The van der Waals surface area contributed by atoms with E-state index in [2.05, 4.69) is 17.0 Å². The largest absolute Gasteiger partial charge is 0.383 e. The maximum atomic E-state index is 6.17. The zero-order valence-corrected chi connectivity index (χ0v) is 10.8. The zero-order chi connectivity index (χ0) is 12.7. The van der Waals surface area contributed by atoms with Crippen LogP contribution in [0.4, 0.5) is 5.82 Å². The maximum Gasteiger partial charge on any atom is 0.129 e. The number of hydrogen-bond donors (Lipinski definition) is 1. The first-order valence-corrected chi connectivity index (χ1v) is 6.41. The van der Waals surface area contributed by atoms with Crippen molar-refractivity contribution >= 4 is 5.82 Å². The third-order valence-electron chi connectivity index (χ3n) is 3.85. The molecule has 18 heavy (non-hydrogen) atoms. The molecule has 2 N–H and O–H groups in total. The van der Waals surface area contributed by atoms with Crippen LogP contribution in [0.5, 0.6) is 0 Å². The van der Waals surface area contributed by atoms with Crippen LogP contribution in [0.15, 0.2) is 24.5 Å². The minimum absolute atomic E-state index is 0.483. The summed E-state index contributed by atoms with van der Waals surface area (Å²) in [6, 6.07) is 3.99. The summed E-state index contributed by atoms with van der Waals surface area (Å²) in [5.74, 6) is 2.00. The summed E-state index contributed by atoms with van der Waals surface area (Å²) in [4.78, 5) is 4.06. The predicted octanol–water partition coefficient (Wildman–Crippen LogP) is 2.58. The van der Waals surface area contributed by atoms with Gasteiger partial charge in [-0.05, 0) is 36.5 Å². The Morgan fingerprint density at radius 3 is 2.61 bits per heavy atom. The quantitative estimate of drug-likeness (QED) is 0.900. The fourth-order valence-corrected chi connectivity index (χ4v) is 2.51. The topological polar surface area (TPSA) is 56.7 Å². The monoisotopic (exact) mass is 242 g/mol. The number of nitrogens with two attached hydrogens (primary N) is 1. The first-order valence-electron chi connectivity index (χ1n) is 6.41. The van der Waals surface area contributed by atoms with Gasteiger partial charge in [0.2, 0.25) is 0 Å². The summed E-state index contributed by atoms with van der Waals surface area (Å²) in [5.41, 5.74) is 9.49. The summed E-state index contributed by atoms with van der Waals surface area (Å²) in [6.45, 7) is 2.25. The van der Waals surface area contributed by atoms with Crippen LogP contribution in [0, 0.1) is 5.92 Å². The highest BCUT2D eigenvalue weighted by Gasteiger charge is 2.33. The minimum Gasteiger partial charge on any atom is -0.383 e. The van der Waals surface area contributed by atoms with Crippen LogP contribution in [0.3, 0.4) is 0 Å². The van der Waals surface area contributed by atoms with Crippen LogP contribution >= 0.6 is 0 Å². The third kappa shape index (κ3) is 1.78. The van der Waals surface area contributed by atoms with Gasteiger partial charge in [-0.2, -0.15) is 5.10 Å². The molecule has 1 aliphatic carbocycles. The molecule has 1 unspecified atom stereocenters. The average Bonchev–Trinajstić information content (AvgIpc) is 3.18. The van der Waals surface area contributed by atoms with Gasteiger partial charge in [-0.3, -0.25) is 9.67 Å². The van der Waals surface area contributed by atoms with Gasteiger partial charge in [0.1, 0.15) is 5.82 Å². The Morgan fingerprint density at radius 1 is 1.33 bits per heavy atom. The Bertz CT molecular complexity index is 555. The second-order valence-corrected chi connectivity index (χ2v) is 5.13. The van der Waals surface area contributed by atoms with Gasteiger partial charge in [0.05, 0.1) is 5.69 Å². The molecule has 0 bridgehead atoms. The normalized spacial score (nSPS) is 16.8. The van der Waals surface area contributed by atoms with Crippen molar-refractivity contribution in [3.05, 3.63) is 30.2 Å². The fourth-order valence-electron chi connectivity index (χ4n) is 2.51. The molecule has 0 amide bonds. The number of aryl methyl sites for hydroxylation is 1. The molecular weight excluding hydrogens is 224 g/mol. The van der Waals surface area contributed by atoms with Gasteiger partial charge in [0.25, 0.3) is 0 Å². The molecule has 1 fully saturated rings. The van der Waals surface area contributed by atoms with E-state index in [1.807, 2.05) is 19.2 Å². The van der Waals surface area contributed by atoms with Crippen molar-refractivity contribution < 1.29 is 0 Å². The molecule has 4 nitrogen and oxygen atoms in total. The predicted molar refractivity (Wildman–Crippen MR) is 72.0 cm³/mol. The highest BCUT2D eigenvalue weighted by atomic mass is 15.3. The Kier molecular flexibility index (Phi) is 2.58. The summed E-state index contributed by atoms with van der Waals surface area (Å²) in [6.07, 6.45) is 6.22. The maximum absolute atomic E-state index is 6.17. The summed E-state index contributed by atoms with van der Waals surface area (Å²) in [7, 11) is 1.91. The highest BCUT2D eigenvalue weighted by Crippen LogP contribution is 2.45. The van der Waals surface area contributed by atoms with Gasteiger partial charge in [-0.1, -0.05) is 6.92 Å². The third-order valence-corrected chi connectivity index (χ3v) is 3.85. The first-order chi connectivity index (χ1) is 8.68. The molecular formula is C14H18N4. The molecule has 2 aromatic heterocycles. The molecule has 94 valence electrons. The van der Waals surface area contributed by atoms with Gasteiger partial charge in [-0.15, -0.1) is 0 Å². The van der Waals surface area contributed by atoms with Gasteiger partial charge >= 0.3 is 0 Å². The zero-order valence-electron chi connectivity index (χ0n) is 10.8. The lowest BCUT2D eigenvalue weighted by Gasteiger charge is -2.10. The SMILES string of the molecule is CC(c1nn(C)c(N)c1-c1ccncc1)C1CC1. The van der Waals surface area contributed by atoms with Gasteiger partial charge < -0.3 is 5.73 Å². The molecule has 0 aromatic carbocycles. The molecule has 0 saturated heterocycles. The van der Waals surface area contributed by atoms with Crippen LogP contribution in [-0.2, 0) is 7.05 Å². The summed E-state index contributed by atoms with van der Waals surface area (Å²) >= 11 is 0. The molecule has 2 aromatic rings. The lowest BCUT2D eigenvalue weighted by atomic mass is 9.95. The van der Waals surface area contributed by atoms with Crippen LogP contribution in [-0.4, -0.2) is 14.8 Å². The van der Waals surface area contributed by atoms with Crippen LogP contribution < -0.4 is 5.73 Å². The molecule has 0 spiro atoms. The Hall–Kier alpha value is -1.84. The van der Waals surface area contributed by atoms with E-state index >= 15 is 0 Å². The van der Waals surface area contributed by atoms with Crippen molar-refractivity contribution in [1.29, 1.82) is 0 Å². The molecule has 0 radical (unpaired) electrons. The fraction of sp³-hybridized carbons (Fsp3) is 0.429. The molecule has 1 saturated carbocycles. The number of anilines is 1. The van der Waals surface area contributed by atoms with Crippen LogP contribution in [0.25, 0.3) is 11.1 Å². The van der Waals surface area contributed by atoms with E-state index in [1.54, 1.807) is 17.1 Å². The van der Waals surface area contributed by atoms with E-state index in [1.165, 1.54) is 12.8 Å². The van der Waals surface area contributed by atoms with Crippen LogP contribution in [0.2, 0.25) is 0 Å². The Balaban J connectivity index is 2.12. The number of pyridine rings is 1. The van der Waals surface area contributed by atoms with Crippen molar-refractivity contribution in [2.45, 2.75) is 25.7 Å². The van der Waals surface area contributed by atoms with Crippen molar-refractivity contribution in [3.8, 4) is 11.1 Å². The van der Waals surface area contributed by atoms with E-state index in [9.17, 15) is 0 Å². The average molecular weight is 242 g/mol. The standard InChI is InChI=1S/C14H18N4/c1-9(10-3-4-10)13-12(14(15)18(2)17-13)11-5-7-16-8-6-11/h5-10H,3-4,15H2,1-2H3. The molecule has 4 heteroatoms. The van der Waals surface area contributed by atoms with Gasteiger partial charge in [0, 0.05) is 30.9 Å².